The molecule has 0 aliphatic heterocycles. The fraction of sp³-hybridized carbons (Fsp3) is 0.143. The molecule has 0 saturated heterocycles. The summed E-state index contributed by atoms with van der Waals surface area (Å²) in [4.78, 5) is 0.160. The molecule has 0 aliphatic carbocycles. The number of nitrogens with one attached hydrogen (secondary N) is 1. The monoisotopic (exact) mass is 329 g/mol. The lowest BCUT2D eigenvalue weighted by molar-refractivity contribution is 0.568. The molecule has 0 amide bonds. The van der Waals surface area contributed by atoms with Gasteiger partial charge in [0.1, 0.15) is 0 Å². The van der Waals surface area contributed by atoms with Gasteiger partial charge in [-0.3, -0.25) is 0 Å². The topological polar surface area (TPSA) is 46.2 Å². The molecule has 1 unspecified atom stereocenters. The Hall–Kier alpha value is -1.07. The van der Waals surface area contributed by atoms with Crippen LogP contribution < -0.4 is 4.72 Å². The van der Waals surface area contributed by atoms with E-state index in [-0.39, 0.29) is 10.8 Å². The molecule has 0 bridgehead atoms. The minimum absolute atomic E-state index is 0.150. The van der Waals surface area contributed by atoms with Crippen molar-refractivity contribution >= 4 is 33.2 Å². The Morgan fingerprint density at radius 3 is 2.15 bits per heavy atom. The van der Waals surface area contributed by atoms with Crippen LogP contribution in [0.5, 0.6) is 0 Å². The van der Waals surface area contributed by atoms with Crippen LogP contribution in [0.15, 0.2) is 59.5 Å². The Morgan fingerprint density at radius 2 is 1.60 bits per heavy atom. The molecule has 2 aromatic carbocycles. The summed E-state index contributed by atoms with van der Waals surface area (Å²) >= 11 is 11.6. The van der Waals surface area contributed by atoms with Crippen LogP contribution in [0.4, 0.5) is 0 Å². The predicted molar refractivity (Wildman–Crippen MR) is 81.7 cm³/mol. The van der Waals surface area contributed by atoms with Gasteiger partial charge in [0.15, 0.2) is 0 Å². The largest absolute Gasteiger partial charge is 0.241 e. The molecule has 106 valence electrons. The predicted octanol–water partition coefficient (Wildman–Crippen LogP) is 3.60. The SMILES string of the molecule is O=S(=O)(NC(CCl)c1ccccc1)c1ccc(Cl)cc1. The molecule has 0 aromatic heterocycles. The molecule has 0 saturated carbocycles. The maximum absolute atomic E-state index is 12.3. The highest BCUT2D eigenvalue weighted by atomic mass is 35.5. The summed E-state index contributed by atoms with van der Waals surface area (Å²) in [5.74, 6) is 0.150. The number of alkyl halides is 1. The van der Waals surface area contributed by atoms with Gasteiger partial charge >= 0.3 is 0 Å². The quantitative estimate of drug-likeness (QED) is 0.852. The van der Waals surface area contributed by atoms with Crippen LogP contribution >= 0.6 is 23.2 Å². The average Bonchev–Trinajstić information content (AvgIpc) is 2.46. The van der Waals surface area contributed by atoms with Gasteiger partial charge in [-0.15, -0.1) is 11.6 Å². The summed E-state index contributed by atoms with van der Waals surface area (Å²) in [6, 6.07) is 14.7. The summed E-state index contributed by atoms with van der Waals surface area (Å²) in [6.07, 6.45) is 0. The smallest absolute Gasteiger partial charge is 0.207 e. The van der Waals surface area contributed by atoms with Crippen molar-refractivity contribution in [1.29, 1.82) is 0 Å². The second kappa shape index (κ2) is 6.59. The first-order valence-electron chi connectivity index (χ1n) is 5.92. The third-order valence-corrected chi connectivity index (χ3v) is 4.83. The maximum Gasteiger partial charge on any atom is 0.241 e. The molecule has 20 heavy (non-hydrogen) atoms. The van der Waals surface area contributed by atoms with Crippen LogP contribution in [0.25, 0.3) is 0 Å². The van der Waals surface area contributed by atoms with E-state index in [2.05, 4.69) is 4.72 Å². The van der Waals surface area contributed by atoms with Crippen LogP contribution in [0.2, 0.25) is 5.02 Å². The van der Waals surface area contributed by atoms with Crippen molar-refractivity contribution in [1.82, 2.24) is 4.72 Å². The molecule has 2 aromatic rings. The molecule has 3 nitrogen and oxygen atoms in total. The van der Waals surface area contributed by atoms with Crippen molar-refractivity contribution in [3.8, 4) is 0 Å². The molecule has 0 aliphatic rings. The molecule has 0 spiro atoms. The van der Waals surface area contributed by atoms with E-state index in [0.29, 0.717) is 5.02 Å². The van der Waals surface area contributed by atoms with Crippen LogP contribution in [-0.4, -0.2) is 14.3 Å². The number of halogens is 2. The van der Waals surface area contributed by atoms with Gasteiger partial charge in [-0.25, -0.2) is 13.1 Å². The first kappa shape index (κ1) is 15.3. The molecule has 2 rings (SSSR count). The molecular formula is C14H13Cl2NO2S. The van der Waals surface area contributed by atoms with E-state index >= 15 is 0 Å². The van der Waals surface area contributed by atoms with Gasteiger partial charge in [-0.05, 0) is 29.8 Å². The molecule has 1 N–H and O–H groups in total. The maximum atomic E-state index is 12.3. The minimum atomic E-state index is -3.63. The zero-order chi connectivity index (χ0) is 14.6. The molecule has 1 atom stereocenters. The highest BCUT2D eigenvalue weighted by molar-refractivity contribution is 7.89. The van der Waals surface area contributed by atoms with E-state index in [1.807, 2.05) is 30.3 Å². The number of rotatable bonds is 5. The lowest BCUT2D eigenvalue weighted by atomic mass is 10.1. The Balaban J connectivity index is 2.24. The zero-order valence-electron chi connectivity index (χ0n) is 10.5. The van der Waals surface area contributed by atoms with Crippen LogP contribution in [-0.2, 0) is 10.0 Å². The van der Waals surface area contributed by atoms with Crippen LogP contribution in [0, 0.1) is 0 Å². The van der Waals surface area contributed by atoms with E-state index in [9.17, 15) is 8.42 Å². The Bertz CT molecular complexity index is 657. The van der Waals surface area contributed by atoms with E-state index in [4.69, 9.17) is 23.2 Å². The number of benzene rings is 2. The summed E-state index contributed by atoms with van der Waals surface area (Å²) in [6.45, 7) is 0. The van der Waals surface area contributed by atoms with E-state index < -0.39 is 16.1 Å². The van der Waals surface area contributed by atoms with Crippen molar-refractivity contribution in [3.05, 3.63) is 65.2 Å². The van der Waals surface area contributed by atoms with E-state index in [0.717, 1.165) is 5.56 Å². The fourth-order valence-electron chi connectivity index (χ4n) is 1.74. The van der Waals surface area contributed by atoms with Gasteiger partial charge in [0.2, 0.25) is 10.0 Å². The van der Waals surface area contributed by atoms with Gasteiger partial charge in [-0.1, -0.05) is 41.9 Å². The zero-order valence-corrected chi connectivity index (χ0v) is 12.8. The summed E-state index contributed by atoms with van der Waals surface area (Å²) < 4.78 is 27.1. The highest BCUT2D eigenvalue weighted by Gasteiger charge is 2.20. The van der Waals surface area contributed by atoms with Crippen molar-refractivity contribution in [2.45, 2.75) is 10.9 Å². The summed E-state index contributed by atoms with van der Waals surface area (Å²) in [5, 5.41) is 0.487. The number of sulfonamides is 1. The van der Waals surface area contributed by atoms with Crippen LogP contribution in [0.1, 0.15) is 11.6 Å². The number of hydrogen-bond acceptors (Lipinski definition) is 2. The fourth-order valence-corrected chi connectivity index (χ4v) is 3.44. The van der Waals surface area contributed by atoms with Gasteiger partial charge in [0.25, 0.3) is 0 Å². The third-order valence-electron chi connectivity index (χ3n) is 2.78. The van der Waals surface area contributed by atoms with Gasteiger partial charge < -0.3 is 0 Å². The van der Waals surface area contributed by atoms with Crippen molar-refractivity contribution in [2.24, 2.45) is 0 Å². The highest BCUT2D eigenvalue weighted by Crippen LogP contribution is 2.19. The first-order chi connectivity index (χ1) is 9.53. The van der Waals surface area contributed by atoms with Gasteiger partial charge in [-0.2, -0.15) is 0 Å². The summed E-state index contributed by atoms with van der Waals surface area (Å²) in [5.41, 5.74) is 0.819. The molecule has 0 fully saturated rings. The summed E-state index contributed by atoms with van der Waals surface area (Å²) in [7, 11) is -3.63. The average molecular weight is 330 g/mol. The minimum Gasteiger partial charge on any atom is -0.207 e. The number of hydrogen-bond donors (Lipinski definition) is 1. The first-order valence-corrected chi connectivity index (χ1v) is 8.31. The van der Waals surface area contributed by atoms with E-state index in [1.165, 1.54) is 24.3 Å². The molecule has 0 heterocycles. The lowest BCUT2D eigenvalue weighted by Crippen LogP contribution is -2.29. The van der Waals surface area contributed by atoms with Crippen molar-refractivity contribution in [3.63, 3.8) is 0 Å². The second-order valence-electron chi connectivity index (χ2n) is 4.19. The van der Waals surface area contributed by atoms with Gasteiger partial charge in [0.05, 0.1) is 10.9 Å². The van der Waals surface area contributed by atoms with Crippen molar-refractivity contribution < 1.29 is 8.42 Å². The molecular weight excluding hydrogens is 317 g/mol. The van der Waals surface area contributed by atoms with E-state index in [1.54, 1.807) is 0 Å². The van der Waals surface area contributed by atoms with Gasteiger partial charge in [0, 0.05) is 10.9 Å². The van der Waals surface area contributed by atoms with Crippen LogP contribution in [0.3, 0.4) is 0 Å². The Morgan fingerprint density at radius 1 is 1.00 bits per heavy atom. The standard InChI is InChI=1S/C14H13Cl2NO2S/c15-10-14(11-4-2-1-3-5-11)17-20(18,19)13-8-6-12(16)7-9-13/h1-9,14,17H,10H2. The lowest BCUT2D eigenvalue weighted by Gasteiger charge is -2.16. The second-order valence-corrected chi connectivity index (χ2v) is 6.65. The Kier molecular flexibility index (Phi) is 5.05. The molecule has 0 radical (unpaired) electrons. The van der Waals surface area contributed by atoms with Crippen molar-refractivity contribution in [2.75, 3.05) is 5.88 Å². The third kappa shape index (κ3) is 3.73. The normalized spacial score (nSPS) is 13.1. The molecule has 6 heteroatoms. The Labute approximate surface area is 128 Å².